The second kappa shape index (κ2) is 6.55. The minimum absolute atomic E-state index is 0.208. The fourth-order valence-corrected chi connectivity index (χ4v) is 6.97. The first-order chi connectivity index (χ1) is 14.9. The van der Waals surface area contributed by atoms with E-state index in [0.29, 0.717) is 23.5 Å². The quantitative estimate of drug-likeness (QED) is 0.406. The van der Waals surface area contributed by atoms with Crippen LogP contribution in [0.2, 0.25) is 0 Å². The van der Waals surface area contributed by atoms with Crippen molar-refractivity contribution in [2.75, 3.05) is 0 Å². The molecule has 2 aliphatic rings. The second-order valence-electron chi connectivity index (χ2n) is 10.8. The van der Waals surface area contributed by atoms with E-state index in [2.05, 4.69) is 45.7 Å². The zero-order chi connectivity index (χ0) is 23.2. The van der Waals surface area contributed by atoms with Crippen molar-refractivity contribution in [2.45, 2.75) is 76.8 Å². The highest BCUT2D eigenvalue weighted by Gasteiger charge is 2.53. The Bertz CT molecular complexity index is 1230. The van der Waals surface area contributed by atoms with Gasteiger partial charge in [-0.3, -0.25) is 0 Å². The van der Waals surface area contributed by atoms with Crippen molar-refractivity contribution in [1.29, 1.82) is 0 Å². The molecule has 1 heterocycles. The zero-order valence-electron chi connectivity index (χ0n) is 19.2. The summed E-state index contributed by atoms with van der Waals surface area (Å²) in [6.07, 6.45) is -1.78. The molecule has 0 bridgehead atoms. The predicted octanol–water partition coefficient (Wildman–Crippen LogP) is 7.37. The van der Waals surface area contributed by atoms with Crippen LogP contribution in [-0.2, 0) is 29.8 Å². The number of fused-ring (bicyclic) bond motifs is 6. The topological polar surface area (TPSA) is 36.0 Å². The minimum Gasteiger partial charge on any atom is -0.508 e. The Kier molecular flexibility index (Phi) is 4.39. The fraction of sp³-hybridized carbons (Fsp3) is 0.481. The summed E-state index contributed by atoms with van der Waals surface area (Å²) < 4.78 is 40.4. The highest BCUT2D eigenvalue weighted by Crippen LogP contribution is 2.58. The Morgan fingerprint density at radius 2 is 1.78 bits per heavy atom. The molecule has 2 aromatic carbocycles. The molecule has 1 aromatic heterocycles. The lowest BCUT2D eigenvalue weighted by Gasteiger charge is -2.54. The largest absolute Gasteiger partial charge is 0.508 e. The van der Waals surface area contributed by atoms with Gasteiger partial charge in [-0.05, 0) is 77.6 Å². The van der Waals surface area contributed by atoms with E-state index in [0.717, 1.165) is 35.2 Å². The molecule has 2 atom stereocenters. The molecule has 0 saturated carbocycles. The molecule has 0 saturated heterocycles. The molecule has 2 nitrogen and oxygen atoms in total. The summed E-state index contributed by atoms with van der Waals surface area (Å²) in [4.78, 5) is 3.49. The van der Waals surface area contributed by atoms with Crippen molar-refractivity contribution in [3.63, 3.8) is 0 Å². The number of alkyl halides is 3. The third-order valence-corrected chi connectivity index (χ3v) is 8.27. The van der Waals surface area contributed by atoms with Gasteiger partial charge in [-0.1, -0.05) is 40.7 Å². The molecular weight excluding hydrogens is 411 g/mol. The maximum atomic E-state index is 13.5. The molecule has 2 N–H and O–H groups in total. The monoisotopic (exact) mass is 441 g/mol. The van der Waals surface area contributed by atoms with Gasteiger partial charge in [-0.15, -0.1) is 0 Å². The number of aromatic nitrogens is 1. The van der Waals surface area contributed by atoms with Crippen molar-refractivity contribution >= 4 is 10.9 Å². The lowest BCUT2D eigenvalue weighted by atomic mass is 9.49. The van der Waals surface area contributed by atoms with E-state index in [1.807, 2.05) is 0 Å². The second-order valence-corrected chi connectivity index (χ2v) is 10.8. The molecule has 170 valence electrons. The molecule has 5 heteroatoms. The van der Waals surface area contributed by atoms with Crippen molar-refractivity contribution in [2.24, 2.45) is 5.92 Å². The summed E-state index contributed by atoms with van der Waals surface area (Å²) in [6.45, 7) is 10.9. The lowest BCUT2D eigenvalue weighted by Crippen LogP contribution is -2.51. The highest BCUT2D eigenvalue weighted by atomic mass is 19.4. The van der Waals surface area contributed by atoms with Gasteiger partial charge in [-0.2, -0.15) is 13.2 Å². The van der Waals surface area contributed by atoms with Crippen LogP contribution in [0.3, 0.4) is 0 Å². The number of hydrogen-bond donors (Lipinski definition) is 2. The summed E-state index contributed by atoms with van der Waals surface area (Å²) >= 11 is 0. The van der Waals surface area contributed by atoms with Crippen molar-refractivity contribution in [3.8, 4) is 5.75 Å². The summed E-state index contributed by atoms with van der Waals surface area (Å²) in [5.74, 6) is 0.896. The van der Waals surface area contributed by atoms with Crippen molar-refractivity contribution < 1.29 is 18.3 Å². The van der Waals surface area contributed by atoms with Crippen LogP contribution >= 0.6 is 0 Å². The minimum atomic E-state index is -4.36. The normalized spacial score (nSPS) is 24.3. The van der Waals surface area contributed by atoms with Crippen LogP contribution in [0.4, 0.5) is 13.2 Å². The van der Waals surface area contributed by atoms with Crippen molar-refractivity contribution in [3.05, 3.63) is 63.8 Å². The van der Waals surface area contributed by atoms with Gasteiger partial charge in [0, 0.05) is 27.4 Å². The number of H-pyrrole nitrogens is 1. The average Bonchev–Trinajstić information content (AvgIpc) is 3.05. The van der Waals surface area contributed by atoms with Crippen LogP contribution in [0.1, 0.15) is 80.5 Å². The van der Waals surface area contributed by atoms with E-state index in [-0.39, 0.29) is 16.7 Å². The third kappa shape index (κ3) is 2.79. The maximum absolute atomic E-state index is 13.5. The third-order valence-electron chi connectivity index (χ3n) is 8.27. The van der Waals surface area contributed by atoms with Crippen LogP contribution in [0.15, 0.2) is 30.3 Å². The zero-order valence-corrected chi connectivity index (χ0v) is 19.2. The van der Waals surface area contributed by atoms with Crippen LogP contribution in [-0.4, -0.2) is 10.1 Å². The number of aromatic amines is 1. The number of hydrogen-bond acceptors (Lipinski definition) is 1. The van der Waals surface area contributed by atoms with Crippen LogP contribution < -0.4 is 0 Å². The summed E-state index contributed by atoms with van der Waals surface area (Å²) in [7, 11) is 0. The van der Waals surface area contributed by atoms with Crippen LogP contribution in [0, 0.1) is 5.92 Å². The van der Waals surface area contributed by atoms with E-state index < -0.39 is 11.7 Å². The van der Waals surface area contributed by atoms with Gasteiger partial charge in [0.05, 0.1) is 5.56 Å². The Morgan fingerprint density at radius 3 is 2.44 bits per heavy atom. The Hall–Kier alpha value is -2.43. The molecule has 32 heavy (non-hydrogen) atoms. The van der Waals surface area contributed by atoms with Gasteiger partial charge < -0.3 is 10.1 Å². The number of aromatic hydroxyl groups is 1. The van der Waals surface area contributed by atoms with Gasteiger partial charge in [-0.25, -0.2) is 0 Å². The molecule has 5 rings (SSSR count). The van der Waals surface area contributed by atoms with Gasteiger partial charge in [0.15, 0.2) is 0 Å². The summed E-state index contributed by atoms with van der Waals surface area (Å²) in [5, 5.41) is 11.3. The van der Waals surface area contributed by atoms with E-state index in [4.69, 9.17) is 0 Å². The molecule has 0 fully saturated rings. The summed E-state index contributed by atoms with van der Waals surface area (Å²) in [6, 6.07) is 7.91. The molecule has 1 unspecified atom stereocenters. The first-order valence-corrected chi connectivity index (χ1v) is 11.4. The Balaban J connectivity index is 1.76. The molecular formula is C27H30F3NO. The molecule has 0 radical (unpaired) electrons. The number of benzene rings is 2. The van der Waals surface area contributed by atoms with Crippen LogP contribution in [0.25, 0.3) is 10.9 Å². The Morgan fingerprint density at radius 1 is 1.06 bits per heavy atom. The van der Waals surface area contributed by atoms with E-state index in [9.17, 15) is 18.3 Å². The predicted molar refractivity (Wildman–Crippen MR) is 121 cm³/mol. The Labute approximate surface area is 186 Å². The number of phenols is 1. The molecule has 0 spiro atoms. The average molecular weight is 442 g/mol. The first-order valence-electron chi connectivity index (χ1n) is 11.4. The standard InChI is InChI=1S/C27H30F3NO/c1-14(2)23-16-7-11-22-25(3,4)24-18(13-26(22,5)19(16)8-10-21(23)32)17-12-15(27(28,29)30)6-9-20(17)31-24/h6,8-10,12,14,22,31-32H,7,11,13H2,1-5H3/t22?,26-/m1/s1. The smallest absolute Gasteiger partial charge is 0.416 e. The first kappa shape index (κ1) is 21.4. The lowest BCUT2D eigenvalue weighted by molar-refractivity contribution is -0.137. The summed E-state index contributed by atoms with van der Waals surface area (Å²) in [5.41, 5.74) is 5.30. The van der Waals surface area contributed by atoms with Crippen LogP contribution in [0.5, 0.6) is 5.75 Å². The molecule has 0 aliphatic heterocycles. The SMILES string of the molecule is CC(C)c1c(O)ccc2c1CCC1C(C)(C)c3[nH]c4ccc(C(F)(F)F)cc4c3C[C@]21C. The van der Waals surface area contributed by atoms with Gasteiger partial charge in [0.1, 0.15) is 5.75 Å². The van der Waals surface area contributed by atoms with Gasteiger partial charge in [0.2, 0.25) is 0 Å². The van der Waals surface area contributed by atoms with E-state index >= 15 is 0 Å². The van der Waals surface area contributed by atoms with E-state index in [1.165, 1.54) is 23.3 Å². The highest BCUT2D eigenvalue weighted by molar-refractivity contribution is 5.86. The van der Waals surface area contributed by atoms with E-state index in [1.54, 1.807) is 12.1 Å². The number of nitrogens with one attached hydrogen (secondary N) is 1. The molecule has 2 aliphatic carbocycles. The fourth-order valence-electron chi connectivity index (χ4n) is 6.97. The number of phenolic OH excluding ortho intramolecular Hbond substituents is 1. The maximum Gasteiger partial charge on any atom is 0.416 e. The van der Waals surface area contributed by atoms with Gasteiger partial charge >= 0.3 is 6.18 Å². The number of rotatable bonds is 1. The van der Waals surface area contributed by atoms with Crippen molar-refractivity contribution in [1.82, 2.24) is 4.98 Å². The number of halogens is 3. The van der Waals surface area contributed by atoms with Gasteiger partial charge in [0.25, 0.3) is 0 Å². The molecule has 0 amide bonds. The molecule has 3 aromatic rings.